The van der Waals surface area contributed by atoms with E-state index in [1.807, 2.05) is 6.07 Å². The summed E-state index contributed by atoms with van der Waals surface area (Å²) in [5.74, 6) is 0.249. The minimum Gasteiger partial charge on any atom is -0.472 e. The quantitative estimate of drug-likeness (QED) is 0.882. The normalized spacial score (nSPS) is 19.4. The minimum atomic E-state index is -0.0814. The third-order valence-electron chi connectivity index (χ3n) is 3.81. The largest absolute Gasteiger partial charge is 0.472 e. The Bertz CT molecular complexity index is 576. The van der Waals surface area contributed by atoms with Crippen LogP contribution in [-0.4, -0.2) is 41.1 Å². The van der Waals surface area contributed by atoms with Gasteiger partial charge in [0.25, 0.3) is 5.91 Å². The molecule has 1 amide bonds. The van der Waals surface area contributed by atoms with Crippen LogP contribution in [0.5, 0.6) is 0 Å². The number of likely N-dealkylation sites (tertiary alicyclic amines) is 1. The summed E-state index contributed by atoms with van der Waals surface area (Å²) in [5, 5.41) is 9.66. The van der Waals surface area contributed by atoms with Crippen LogP contribution < -0.4 is 5.32 Å². The van der Waals surface area contributed by atoms with Crippen molar-refractivity contribution in [1.82, 2.24) is 20.4 Å². The van der Waals surface area contributed by atoms with Crippen molar-refractivity contribution in [2.75, 3.05) is 20.1 Å². The Hall–Kier alpha value is -2.08. The predicted molar refractivity (Wildman–Crippen MR) is 73.3 cm³/mol. The Morgan fingerprint density at radius 2 is 2.55 bits per heavy atom. The highest BCUT2D eigenvalue weighted by molar-refractivity contribution is 5.95. The summed E-state index contributed by atoms with van der Waals surface area (Å²) in [4.78, 5) is 14.2. The number of H-pyrrole nitrogens is 1. The first-order valence-electron chi connectivity index (χ1n) is 6.76. The van der Waals surface area contributed by atoms with Crippen molar-refractivity contribution in [3.8, 4) is 0 Å². The van der Waals surface area contributed by atoms with E-state index >= 15 is 0 Å². The highest BCUT2D eigenvalue weighted by Gasteiger charge is 2.28. The summed E-state index contributed by atoms with van der Waals surface area (Å²) in [6.07, 6.45) is 6.11. The molecular weight excluding hydrogens is 256 g/mol. The van der Waals surface area contributed by atoms with Gasteiger partial charge < -0.3 is 9.73 Å². The molecule has 0 radical (unpaired) electrons. The van der Waals surface area contributed by atoms with E-state index in [2.05, 4.69) is 20.4 Å². The van der Waals surface area contributed by atoms with Crippen LogP contribution in [0.1, 0.15) is 34.0 Å². The molecule has 2 aromatic rings. The molecule has 6 nitrogen and oxygen atoms in total. The Morgan fingerprint density at radius 1 is 1.65 bits per heavy atom. The standard InChI is InChI=1S/C14H18N4O2/c1-15-14(19)12-6-16-17-13(12)11-2-4-18(8-11)7-10-3-5-20-9-10/h3,5-6,9,11H,2,4,7-8H2,1H3,(H,15,19)(H,16,17)/t11-/m0/s1. The van der Waals surface area contributed by atoms with Crippen molar-refractivity contribution in [2.24, 2.45) is 0 Å². The number of carbonyl (C=O) groups is 1. The van der Waals surface area contributed by atoms with E-state index in [1.165, 1.54) is 5.56 Å². The summed E-state index contributed by atoms with van der Waals surface area (Å²) >= 11 is 0. The summed E-state index contributed by atoms with van der Waals surface area (Å²) in [6.45, 7) is 2.83. The molecule has 2 aromatic heterocycles. The molecule has 0 bridgehead atoms. The van der Waals surface area contributed by atoms with Gasteiger partial charge in [0.15, 0.2) is 0 Å². The molecular formula is C14H18N4O2. The monoisotopic (exact) mass is 274 g/mol. The van der Waals surface area contributed by atoms with Gasteiger partial charge in [-0.15, -0.1) is 0 Å². The average Bonchev–Trinajstić information content (AvgIpc) is 3.18. The number of aromatic nitrogens is 2. The molecule has 2 N–H and O–H groups in total. The van der Waals surface area contributed by atoms with Crippen molar-refractivity contribution in [3.05, 3.63) is 41.6 Å². The number of hydrogen-bond acceptors (Lipinski definition) is 4. The maximum Gasteiger partial charge on any atom is 0.254 e. The first kappa shape index (κ1) is 12.9. The highest BCUT2D eigenvalue weighted by Crippen LogP contribution is 2.29. The molecule has 1 atom stereocenters. The average molecular weight is 274 g/mol. The van der Waals surface area contributed by atoms with Gasteiger partial charge in [0.2, 0.25) is 0 Å². The van der Waals surface area contributed by atoms with Crippen LogP contribution in [0.3, 0.4) is 0 Å². The van der Waals surface area contributed by atoms with E-state index in [-0.39, 0.29) is 5.91 Å². The molecule has 0 aliphatic carbocycles. The molecule has 1 fully saturated rings. The zero-order chi connectivity index (χ0) is 13.9. The lowest BCUT2D eigenvalue weighted by Gasteiger charge is -2.14. The van der Waals surface area contributed by atoms with E-state index < -0.39 is 0 Å². The third kappa shape index (κ3) is 2.46. The SMILES string of the molecule is CNC(=O)c1cn[nH]c1[C@H]1CCN(Cc2ccoc2)C1. The number of nitrogens with one attached hydrogen (secondary N) is 2. The van der Waals surface area contributed by atoms with Gasteiger partial charge in [0, 0.05) is 31.6 Å². The smallest absolute Gasteiger partial charge is 0.254 e. The van der Waals surface area contributed by atoms with E-state index in [0.29, 0.717) is 11.5 Å². The fourth-order valence-corrected chi connectivity index (χ4v) is 2.78. The molecule has 6 heteroatoms. The van der Waals surface area contributed by atoms with Crippen LogP contribution in [-0.2, 0) is 6.54 Å². The summed E-state index contributed by atoms with van der Waals surface area (Å²) in [5.41, 5.74) is 2.78. The van der Waals surface area contributed by atoms with Crippen LogP contribution in [0.2, 0.25) is 0 Å². The van der Waals surface area contributed by atoms with E-state index in [4.69, 9.17) is 4.42 Å². The van der Waals surface area contributed by atoms with Crippen LogP contribution >= 0.6 is 0 Å². The van der Waals surface area contributed by atoms with Gasteiger partial charge in [-0.25, -0.2) is 0 Å². The third-order valence-corrected chi connectivity index (χ3v) is 3.81. The maximum atomic E-state index is 11.8. The molecule has 3 heterocycles. The Balaban J connectivity index is 1.68. The number of rotatable bonds is 4. The van der Waals surface area contributed by atoms with Gasteiger partial charge in [0.05, 0.1) is 30.0 Å². The summed E-state index contributed by atoms with van der Waals surface area (Å²) < 4.78 is 5.09. The first-order chi connectivity index (χ1) is 9.78. The van der Waals surface area contributed by atoms with Gasteiger partial charge in [-0.1, -0.05) is 0 Å². The summed E-state index contributed by atoms with van der Waals surface area (Å²) in [7, 11) is 1.64. The van der Waals surface area contributed by atoms with Gasteiger partial charge in [0.1, 0.15) is 0 Å². The Morgan fingerprint density at radius 3 is 3.30 bits per heavy atom. The molecule has 106 valence electrons. The van der Waals surface area contributed by atoms with Crippen molar-refractivity contribution in [1.29, 1.82) is 0 Å². The number of nitrogens with zero attached hydrogens (tertiary/aromatic N) is 2. The zero-order valence-electron chi connectivity index (χ0n) is 11.4. The van der Waals surface area contributed by atoms with Gasteiger partial charge in [-0.2, -0.15) is 5.10 Å². The molecule has 0 saturated carbocycles. The Kier molecular flexibility index (Phi) is 3.56. The lowest BCUT2D eigenvalue weighted by molar-refractivity contribution is 0.0961. The first-order valence-corrected chi connectivity index (χ1v) is 6.76. The number of aromatic amines is 1. The molecule has 1 saturated heterocycles. The summed E-state index contributed by atoms with van der Waals surface area (Å²) in [6, 6.07) is 1.99. The second-order valence-corrected chi connectivity index (χ2v) is 5.13. The molecule has 1 aliphatic heterocycles. The Labute approximate surface area is 117 Å². The predicted octanol–water partition coefficient (Wildman–Crippen LogP) is 1.35. The maximum absolute atomic E-state index is 11.8. The van der Waals surface area contributed by atoms with Crippen molar-refractivity contribution >= 4 is 5.91 Å². The molecule has 0 unspecified atom stereocenters. The van der Waals surface area contributed by atoms with Gasteiger partial charge >= 0.3 is 0 Å². The van der Waals surface area contributed by atoms with Crippen molar-refractivity contribution in [3.63, 3.8) is 0 Å². The van der Waals surface area contributed by atoms with Crippen LogP contribution in [0, 0.1) is 0 Å². The van der Waals surface area contributed by atoms with Crippen LogP contribution in [0.4, 0.5) is 0 Å². The number of furan rings is 1. The zero-order valence-corrected chi connectivity index (χ0v) is 11.4. The van der Waals surface area contributed by atoms with Crippen molar-refractivity contribution in [2.45, 2.75) is 18.9 Å². The lowest BCUT2D eigenvalue weighted by atomic mass is 10.0. The van der Waals surface area contributed by atoms with Crippen molar-refractivity contribution < 1.29 is 9.21 Å². The fourth-order valence-electron chi connectivity index (χ4n) is 2.78. The second kappa shape index (κ2) is 5.50. The highest BCUT2D eigenvalue weighted by atomic mass is 16.3. The topological polar surface area (TPSA) is 74.2 Å². The lowest BCUT2D eigenvalue weighted by Crippen LogP contribution is -2.22. The number of carbonyl (C=O) groups excluding carboxylic acids is 1. The van der Waals surface area contributed by atoms with Gasteiger partial charge in [-0.05, 0) is 19.0 Å². The van der Waals surface area contributed by atoms with E-state index in [0.717, 1.165) is 31.7 Å². The van der Waals surface area contributed by atoms with E-state index in [9.17, 15) is 4.79 Å². The fraction of sp³-hybridized carbons (Fsp3) is 0.429. The van der Waals surface area contributed by atoms with Crippen LogP contribution in [0.15, 0.2) is 29.2 Å². The minimum absolute atomic E-state index is 0.0814. The van der Waals surface area contributed by atoms with E-state index in [1.54, 1.807) is 25.8 Å². The molecule has 1 aliphatic rings. The van der Waals surface area contributed by atoms with Crippen LogP contribution in [0.25, 0.3) is 0 Å². The molecule has 0 aromatic carbocycles. The second-order valence-electron chi connectivity index (χ2n) is 5.13. The van der Waals surface area contributed by atoms with Gasteiger partial charge in [-0.3, -0.25) is 14.8 Å². The number of hydrogen-bond donors (Lipinski definition) is 2. The molecule has 20 heavy (non-hydrogen) atoms. The number of amides is 1. The molecule has 3 rings (SSSR count). The molecule has 0 spiro atoms.